The van der Waals surface area contributed by atoms with Gasteiger partial charge in [-0.2, -0.15) is 0 Å². The predicted molar refractivity (Wildman–Crippen MR) is 84.7 cm³/mol. The first-order valence-corrected chi connectivity index (χ1v) is 7.79. The third-order valence-corrected chi connectivity index (χ3v) is 5.62. The van der Waals surface area contributed by atoms with Gasteiger partial charge < -0.3 is 10.2 Å². The maximum Gasteiger partial charge on any atom is 0.112 e. The van der Waals surface area contributed by atoms with Crippen molar-refractivity contribution in [1.82, 2.24) is 4.90 Å². The molecule has 2 aliphatic rings. The molecule has 2 nitrogen and oxygen atoms in total. The van der Waals surface area contributed by atoms with Crippen molar-refractivity contribution in [3.8, 4) is 0 Å². The lowest BCUT2D eigenvalue weighted by Gasteiger charge is -2.24. The van der Waals surface area contributed by atoms with Gasteiger partial charge in [-0.1, -0.05) is 24.4 Å². The molecule has 0 radical (unpaired) electrons. The molecule has 1 aromatic rings. The topological polar surface area (TPSA) is 15.3 Å². The molecule has 84 valence electrons. The van der Waals surface area contributed by atoms with E-state index < -0.39 is 0 Å². The van der Waals surface area contributed by atoms with Gasteiger partial charge >= 0.3 is 0 Å². The maximum absolute atomic E-state index is 5.58. The van der Waals surface area contributed by atoms with Gasteiger partial charge in [0, 0.05) is 12.1 Å². The van der Waals surface area contributed by atoms with Crippen molar-refractivity contribution in [2.75, 3.05) is 11.9 Å². The smallest absolute Gasteiger partial charge is 0.112 e. The van der Waals surface area contributed by atoms with Gasteiger partial charge in [0.1, 0.15) is 15.0 Å². The van der Waals surface area contributed by atoms with E-state index in [1.54, 1.807) is 11.3 Å². The minimum absolute atomic E-state index is 0.319. The van der Waals surface area contributed by atoms with Gasteiger partial charge in [-0.15, -0.1) is 11.3 Å². The molecule has 0 spiro atoms. The maximum atomic E-state index is 5.58. The average Bonchev–Trinajstić information content (AvgIpc) is 2.81. The van der Waals surface area contributed by atoms with Crippen LogP contribution in [0.4, 0.5) is 5.00 Å². The van der Waals surface area contributed by atoms with E-state index in [-0.39, 0.29) is 0 Å². The summed E-state index contributed by atoms with van der Waals surface area (Å²) in [6.07, 6.45) is 2.31. The van der Waals surface area contributed by atoms with E-state index in [0.717, 1.165) is 33.5 Å². The zero-order valence-electron chi connectivity index (χ0n) is 8.33. The Morgan fingerprint density at radius 1 is 1.50 bits per heavy atom. The van der Waals surface area contributed by atoms with E-state index in [1.165, 1.54) is 9.30 Å². The highest BCUT2D eigenvalue weighted by Gasteiger charge is 2.34. The van der Waals surface area contributed by atoms with Crippen molar-refractivity contribution in [3.63, 3.8) is 0 Å². The summed E-state index contributed by atoms with van der Waals surface area (Å²) < 4.78 is 1.25. The molecular weight excluding hydrogens is 371 g/mol. The predicted octanol–water partition coefficient (Wildman–Crippen LogP) is 3.25. The fourth-order valence-electron chi connectivity index (χ4n) is 2.24. The molecule has 1 atom stereocenters. The van der Waals surface area contributed by atoms with Gasteiger partial charge in [0.25, 0.3) is 0 Å². The van der Waals surface area contributed by atoms with Crippen LogP contribution in [0.2, 0.25) is 0 Å². The van der Waals surface area contributed by atoms with Crippen LogP contribution < -0.4 is 5.32 Å². The highest BCUT2D eigenvalue weighted by Crippen LogP contribution is 2.35. The summed E-state index contributed by atoms with van der Waals surface area (Å²) in [5.41, 5.74) is 1.15. The number of nitrogens with zero attached hydrogens (tertiary/aromatic N) is 1. The van der Waals surface area contributed by atoms with Crippen molar-refractivity contribution in [2.24, 2.45) is 0 Å². The number of hydrogen-bond donors (Lipinski definition) is 1. The Morgan fingerprint density at radius 2 is 2.31 bits per heavy atom. The van der Waals surface area contributed by atoms with Crippen LogP contribution in [0.25, 0.3) is 0 Å². The SMILES string of the molecule is S=C1Nc2sc(I)cc2C(=S)N2CCC[C@H]12. The molecule has 1 aromatic heterocycles. The molecule has 1 fully saturated rings. The fourth-order valence-corrected chi connectivity index (χ4v) is 4.87. The van der Waals surface area contributed by atoms with E-state index in [9.17, 15) is 0 Å². The molecule has 6 heteroatoms. The zero-order valence-corrected chi connectivity index (χ0v) is 12.9. The molecule has 1 saturated heterocycles. The quantitative estimate of drug-likeness (QED) is 0.549. The summed E-state index contributed by atoms with van der Waals surface area (Å²) in [4.78, 5) is 4.17. The Labute approximate surface area is 123 Å². The zero-order chi connectivity index (χ0) is 11.3. The standard InChI is InChI=1S/C10H9IN2S3/c11-7-4-5-9(16-7)12-8(14)6-2-1-3-13(6)10(5)15/h4,6H,1-3H2,(H,12,14)/t6-/m1/s1. The molecule has 2 aliphatic heterocycles. The number of thiocarbonyl (C=S) groups is 2. The van der Waals surface area contributed by atoms with E-state index in [4.69, 9.17) is 24.4 Å². The van der Waals surface area contributed by atoms with Crippen LogP contribution in [-0.4, -0.2) is 27.5 Å². The minimum Gasteiger partial charge on any atom is -0.353 e. The number of halogens is 1. The van der Waals surface area contributed by atoms with Gasteiger partial charge in [-0.3, -0.25) is 0 Å². The molecule has 3 heterocycles. The van der Waals surface area contributed by atoms with Crippen molar-refractivity contribution < 1.29 is 0 Å². The van der Waals surface area contributed by atoms with Crippen molar-refractivity contribution in [2.45, 2.75) is 18.9 Å². The normalized spacial score (nSPS) is 23.8. The highest BCUT2D eigenvalue weighted by atomic mass is 127. The Bertz CT molecular complexity index is 482. The van der Waals surface area contributed by atoms with Gasteiger partial charge in [0.05, 0.1) is 8.93 Å². The third-order valence-electron chi connectivity index (χ3n) is 2.99. The van der Waals surface area contributed by atoms with Gasteiger partial charge in [-0.05, 0) is 41.5 Å². The summed E-state index contributed by atoms with van der Waals surface area (Å²) in [6, 6.07) is 2.47. The number of anilines is 1. The average molecular weight is 380 g/mol. The molecule has 0 aliphatic carbocycles. The first kappa shape index (κ1) is 11.3. The van der Waals surface area contributed by atoms with E-state index in [2.05, 4.69) is 38.9 Å². The van der Waals surface area contributed by atoms with Crippen LogP contribution in [0.1, 0.15) is 18.4 Å². The largest absolute Gasteiger partial charge is 0.353 e. The van der Waals surface area contributed by atoms with Gasteiger partial charge in [-0.25, -0.2) is 0 Å². The molecule has 0 bridgehead atoms. The Morgan fingerprint density at radius 3 is 3.12 bits per heavy atom. The van der Waals surface area contributed by atoms with Gasteiger partial charge in [0.15, 0.2) is 0 Å². The molecule has 0 aromatic carbocycles. The molecule has 0 amide bonds. The number of thiophene rings is 1. The lowest BCUT2D eigenvalue weighted by atomic mass is 10.2. The molecule has 1 N–H and O–H groups in total. The van der Waals surface area contributed by atoms with Crippen LogP contribution >= 0.6 is 58.4 Å². The second-order valence-corrected chi connectivity index (χ2v) is 7.71. The number of fused-ring (bicyclic) bond motifs is 2. The summed E-state index contributed by atoms with van der Waals surface area (Å²) in [5.74, 6) is 0. The van der Waals surface area contributed by atoms with Crippen LogP contribution in [-0.2, 0) is 0 Å². The second-order valence-electron chi connectivity index (χ2n) is 3.94. The molecular formula is C10H9IN2S3. The first-order valence-electron chi connectivity index (χ1n) is 5.08. The molecule has 0 saturated carbocycles. The number of nitrogens with one attached hydrogen (secondary N) is 1. The van der Waals surface area contributed by atoms with Crippen LogP contribution in [0.5, 0.6) is 0 Å². The molecule has 16 heavy (non-hydrogen) atoms. The molecule has 0 unspecified atom stereocenters. The van der Waals surface area contributed by atoms with Crippen molar-refractivity contribution in [1.29, 1.82) is 0 Å². The van der Waals surface area contributed by atoms with Crippen molar-refractivity contribution >= 4 is 73.3 Å². The summed E-state index contributed by atoms with van der Waals surface area (Å²) in [6.45, 7) is 1.04. The summed E-state index contributed by atoms with van der Waals surface area (Å²) in [5, 5.41) is 4.48. The summed E-state index contributed by atoms with van der Waals surface area (Å²) >= 11 is 15.1. The second kappa shape index (κ2) is 4.15. The highest BCUT2D eigenvalue weighted by molar-refractivity contribution is 14.1. The minimum atomic E-state index is 0.319. The monoisotopic (exact) mass is 380 g/mol. The number of hydrogen-bond acceptors (Lipinski definition) is 3. The van der Waals surface area contributed by atoms with E-state index in [0.29, 0.717) is 6.04 Å². The van der Waals surface area contributed by atoms with Crippen LogP contribution in [0.3, 0.4) is 0 Å². The first-order chi connectivity index (χ1) is 7.66. The third kappa shape index (κ3) is 1.70. The fraction of sp³-hybridized carbons (Fsp3) is 0.400. The van der Waals surface area contributed by atoms with E-state index >= 15 is 0 Å². The molecule has 3 rings (SSSR count). The Hall–Kier alpha value is 0.210. The Balaban J connectivity index is 2.10. The van der Waals surface area contributed by atoms with E-state index in [1.807, 2.05) is 0 Å². The number of rotatable bonds is 0. The summed E-state index contributed by atoms with van der Waals surface area (Å²) in [7, 11) is 0. The Kier molecular flexibility index (Phi) is 2.93. The van der Waals surface area contributed by atoms with Crippen LogP contribution in [0.15, 0.2) is 6.07 Å². The lowest BCUT2D eigenvalue weighted by molar-refractivity contribution is 0.480. The van der Waals surface area contributed by atoms with Crippen LogP contribution in [0, 0.1) is 2.88 Å². The van der Waals surface area contributed by atoms with Crippen molar-refractivity contribution in [3.05, 3.63) is 14.5 Å². The van der Waals surface area contributed by atoms with Gasteiger partial charge in [0.2, 0.25) is 0 Å². The lowest BCUT2D eigenvalue weighted by Crippen LogP contribution is -2.39.